The number of halogens is 1. The molecule has 1 saturated heterocycles. The highest BCUT2D eigenvalue weighted by atomic mass is 35.5. The molecule has 2 aliphatic heterocycles. The topological polar surface area (TPSA) is 85.8 Å². The molecule has 5 rings (SSSR count). The van der Waals surface area contributed by atoms with Crippen LogP contribution in [0.25, 0.3) is 0 Å². The van der Waals surface area contributed by atoms with Gasteiger partial charge < -0.3 is 10.6 Å². The van der Waals surface area contributed by atoms with Crippen LogP contribution in [0.3, 0.4) is 0 Å². The Morgan fingerprint density at radius 1 is 1.17 bits per heavy atom. The number of piperidine rings is 1. The van der Waals surface area contributed by atoms with E-state index in [1.165, 1.54) is 11.8 Å². The Bertz CT molecular complexity index is 1030. The molecule has 3 aromatic heterocycles. The van der Waals surface area contributed by atoms with Crippen LogP contribution in [-0.2, 0) is 6.54 Å². The molecule has 0 radical (unpaired) electrons. The lowest BCUT2D eigenvalue weighted by Gasteiger charge is -2.41. The highest BCUT2D eigenvalue weighted by molar-refractivity contribution is 7.99. The number of anilines is 1. The van der Waals surface area contributed by atoms with Gasteiger partial charge >= 0.3 is 0 Å². The molecular formula is C20H22ClN7S. The van der Waals surface area contributed by atoms with Crippen molar-refractivity contribution in [3.8, 4) is 0 Å². The minimum absolute atomic E-state index is 0.0616. The van der Waals surface area contributed by atoms with Gasteiger partial charge in [-0.2, -0.15) is 5.10 Å². The number of nitrogens with two attached hydrogens (primary N) is 1. The lowest BCUT2D eigenvalue weighted by molar-refractivity contribution is 0.170. The van der Waals surface area contributed by atoms with E-state index >= 15 is 0 Å². The monoisotopic (exact) mass is 427 g/mol. The van der Waals surface area contributed by atoms with Crippen molar-refractivity contribution < 1.29 is 0 Å². The van der Waals surface area contributed by atoms with Crippen LogP contribution in [0.2, 0.25) is 5.02 Å². The van der Waals surface area contributed by atoms with E-state index in [9.17, 15) is 0 Å². The fraction of sp³-hybridized carbons (Fsp3) is 0.400. The Labute approximate surface area is 178 Å². The molecule has 0 aromatic carbocycles. The molecule has 7 nitrogen and oxygen atoms in total. The van der Waals surface area contributed by atoms with Crippen molar-refractivity contribution in [3.05, 3.63) is 53.3 Å². The summed E-state index contributed by atoms with van der Waals surface area (Å²) in [6.07, 6.45) is 11.0. The van der Waals surface area contributed by atoms with Crippen LogP contribution in [0.4, 0.5) is 5.82 Å². The third-order valence-electron chi connectivity index (χ3n) is 6.21. The van der Waals surface area contributed by atoms with E-state index in [4.69, 9.17) is 17.3 Å². The molecule has 0 amide bonds. The van der Waals surface area contributed by atoms with Crippen LogP contribution in [0, 0.1) is 12.3 Å². The lowest BCUT2D eigenvalue weighted by Crippen LogP contribution is -2.45. The first-order valence-electron chi connectivity index (χ1n) is 9.68. The molecule has 1 fully saturated rings. The zero-order valence-electron chi connectivity index (χ0n) is 16.1. The number of nitrogens with zero attached hydrogens (tertiary/aromatic N) is 6. The maximum atomic E-state index is 6.58. The zero-order chi connectivity index (χ0) is 20.0. The Morgan fingerprint density at radius 3 is 2.72 bits per heavy atom. The van der Waals surface area contributed by atoms with Gasteiger partial charge in [0, 0.05) is 48.5 Å². The van der Waals surface area contributed by atoms with Crippen molar-refractivity contribution in [3.63, 3.8) is 0 Å². The maximum absolute atomic E-state index is 6.58. The van der Waals surface area contributed by atoms with Gasteiger partial charge in [-0.25, -0.2) is 9.97 Å². The van der Waals surface area contributed by atoms with Crippen molar-refractivity contribution in [2.75, 3.05) is 18.0 Å². The first-order valence-corrected chi connectivity index (χ1v) is 10.9. The molecule has 0 bridgehead atoms. The second-order valence-corrected chi connectivity index (χ2v) is 9.27. The van der Waals surface area contributed by atoms with Gasteiger partial charge in [0.2, 0.25) is 0 Å². The van der Waals surface area contributed by atoms with Crippen molar-refractivity contribution in [1.82, 2.24) is 24.7 Å². The van der Waals surface area contributed by atoms with Crippen molar-refractivity contribution in [2.24, 2.45) is 11.1 Å². The summed E-state index contributed by atoms with van der Waals surface area (Å²) in [7, 11) is 0. The van der Waals surface area contributed by atoms with E-state index in [2.05, 4.69) is 29.6 Å². The molecule has 2 aliphatic rings. The van der Waals surface area contributed by atoms with Crippen molar-refractivity contribution in [2.45, 2.75) is 42.3 Å². The van der Waals surface area contributed by atoms with Crippen molar-refractivity contribution in [1.29, 1.82) is 0 Å². The Balaban J connectivity index is 1.25. The van der Waals surface area contributed by atoms with E-state index in [-0.39, 0.29) is 11.5 Å². The highest BCUT2D eigenvalue weighted by Gasteiger charge is 2.46. The van der Waals surface area contributed by atoms with Crippen molar-refractivity contribution >= 4 is 29.2 Å². The average molecular weight is 428 g/mol. The third-order valence-corrected chi connectivity index (χ3v) is 7.64. The summed E-state index contributed by atoms with van der Waals surface area (Å²) in [5.74, 6) is 0.912. The van der Waals surface area contributed by atoms with E-state index in [0.717, 1.165) is 59.5 Å². The second-order valence-electron chi connectivity index (χ2n) is 7.80. The smallest absolute Gasteiger partial charge is 0.147 e. The quantitative estimate of drug-likeness (QED) is 0.684. The first-order chi connectivity index (χ1) is 14.1. The minimum atomic E-state index is 0.0616. The molecule has 2 N–H and O–H groups in total. The number of fused-ring (bicyclic) bond motifs is 1. The number of pyridine rings is 1. The molecule has 150 valence electrons. The summed E-state index contributed by atoms with van der Waals surface area (Å²) in [5, 5.41) is 5.91. The molecule has 9 heteroatoms. The second kappa shape index (κ2) is 7.27. The number of aromatic nitrogens is 5. The van der Waals surface area contributed by atoms with E-state index in [0.29, 0.717) is 5.02 Å². The lowest BCUT2D eigenvalue weighted by atomic mass is 9.73. The zero-order valence-corrected chi connectivity index (χ0v) is 17.7. The molecule has 0 saturated carbocycles. The van der Waals surface area contributed by atoms with Gasteiger partial charge in [-0.3, -0.25) is 9.67 Å². The van der Waals surface area contributed by atoms with Gasteiger partial charge in [-0.1, -0.05) is 23.4 Å². The molecule has 5 heterocycles. The van der Waals surface area contributed by atoms with E-state index in [1.54, 1.807) is 12.4 Å². The number of hydrogen-bond donors (Lipinski definition) is 1. The molecule has 1 spiro atoms. The molecule has 0 unspecified atom stereocenters. The van der Waals surface area contributed by atoms with Crippen LogP contribution in [-0.4, -0.2) is 37.8 Å². The number of hydrogen-bond acceptors (Lipinski definition) is 7. The predicted octanol–water partition coefficient (Wildman–Crippen LogP) is 3.48. The van der Waals surface area contributed by atoms with Gasteiger partial charge in [0.05, 0.1) is 29.2 Å². The van der Waals surface area contributed by atoms with Gasteiger partial charge in [0.25, 0.3) is 0 Å². The SMILES string of the molecule is Cc1c(Cl)cncc1Sc1cnc(N2CCC3(CC2)Cn2nccc2[C@H]3N)cn1. The van der Waals surface area contributed by atoms with Crippen LogP contribution in [0.1, 0.15) is 30.1 Å². The molecule has 1 atom stereocenters. The van der Waals surface area contributed by atoms with Crippen LogP contribution in [0.5, 0.6) is 0 Å². The first kappa shape index (κ1) is 18.8. The summed E-state index contributed by atoms with van der Waals surface area (Å²) in [6.45, 7) is 4.75. The van der Waals surface area contributed by atoms with E-state index < -0.39 is 0 Å². The van der Waals surface area contributed by atoms with Gasteiger partial charge in [0.1, 0.15) is 10.8 Å². The summed E-state index contributed by atoms with van der Waals surface area (Å²) in [5.41, 5.74) is 8.85. The maximum Gasteiger partial charge on any atom is 0.147 e. The Kier molecular flexibility index (Phi) is 4.72. The van der Waals surface area contributed by atoms with Gasteiger partial charge in [-0.05, 0) is 31.4 Å². The van der Waals surface area contributed by atoms with Crippen LogP contribution in [0.15, 0.2) is 47.0 Å². The average Bonchev–Trinajstić information content (AvgIpc) is 3.28. The Hall–Kier alpha value is -2.16. The normalized spacial score (nSPS) is 20.2. The van der Waals surface area contributed by atoms with Gasteiger partial charge in [0.15, 0.2) is 0 Å². The number of rotatable bonds is 3. The Morgan fingerprint density at radius 2 is 2.00 bits per heavy atom. The summed E-state index contributed by atoms with van der Waals surface area (Å²) >= 11 is 7.69. The molecule has 3 aromatic rings. The molecular weight excluding hydrogens is 406 g/mol. The third kappa shape index (κ3) is 3.29. The fourth-order valence-electron chi connectivity index (χ4n) is 4.32. The van der Waals surface area contributed by atoms with Crippen LogP contribution >= 0.6 is 23.4 Å². The van der Waals surface area contributed by atoms with Crippen LogP contribution < -0.4 is 10.6 Å². The van der Waals surface area contributed by atoms with E-state index in [1.807, 2.05) is 31.6 Å². The fourth-order valence-corrected chi connectivity index (χ4v) is 5.35. The summed E-state index contributed by atoms with van der Waals surface area (Å²) in [4.78, 5) is 16.7. The minimum Gasteiger partial charge on any atom is -0.355 e. The summed E-state index contributed by atoms with van der Waals surface area (Å²) in [6, 6.07) is 2.11. The molecule has 29 heavy (non-hydrogen) atoms. The predicted molar refractivity (Wildman–Crippen MR) is 113 cm³/mol. The largest absolute Gasteiger partial charge is 0.355 e. The van der Waals surface area contributed by atoms with Gasteiger partial charge in [-0.15, -0.1) is 0 Å². The summed E-state index contributed by atoms with van der Waals surface area (Å²) < 4.78 is 2.07. The highest BCUT2D eigenvalue weighted by Crippen LogP contribution is 2.47. The standard InChI is InChI=1S/C20H22ClN7S/c1-13-14(21)8-23-9-16(13)29-18-11-24-17(10-25-18)27-6-3-20(4-7-27)12-28-15(19(20)22)2-5-26-28/h2,5,8-11,19H,3-4,6-7,12,22H2,1H3/t19-/m1/s1. The molecule has 0 aliphatic carbocycles.